The Kier molecular flexibility index (Phi) is 4.50. The second kappa shape index (κ2) is 6.12. The molecular formula is C12H22N4O. The smallest absolute Gasteiger partial charge is 0.230 e. The van der Waals surface area contributed by atoms with E-state index >= 15 is 0 Å². The van der Waals surface area contributed by atoms with E-state index in [1.165, 1.54) is 38.9 Å². The highest BCUT2D eigenvalue weighted by Gasteiger charge is 2.18. The molecule has 0 atom stereocenters. The number of hydrogen-bond acceptors (Lipinski definition) is 5. The lowest BCUT2D eigenvalue weighted by atomic mass is 10.1. The highest BCUT2D eigenvalue weighted by Crippen LogP contribution is 2.11. The Labute approximate surface area is 103 Å². The fourth-order valence-electron chi connectivity index (χ4n) is 2.32. The summed E-state index contributed by atoms with van der Waals surface area (Å²) >= 11 is 0. The minimum absolute atomic E-state index is 0.593. The lowest BCUT2D eigenvalue weighted by molar-refractivity contribution is 0.195. The molecule has 1 aliphatic rings. The Morgan fingerprint density at radius 2 is 2.12 bits per heavy atom. The predicted molar refractivity (Wildman–Crippen MR) is 65.6 cm³/mol. The maximum Gasteiger partial charge on any atom is 0.230 e. The van der Waals surface area contributed by atoms with Crippen molar-refractivity contribution in [1.82, 2.24) is 20.4 Å². The molecule has 17 heavy (non-hydrogen) atoms. The van der Waals surface area contributed by atoms with Crippen LogP contribution in [0.15, 0.2) is 4.42 Å². The summed E-state index contributed by atoms with van der Waals surface area (Å²) < 4.78 is 5.34. The topological polar surface area (TPSA) is 54.2 Å². The third-order valence-electron chi connectivity index (χ3n) is 3.24. The lowest BCUT2D eigenvalue weighted by Gasteiger charge is -2.31. The van der Waals surface area contributed by atoms with Crippen molar-refractivity contribution in [2.45, 2.75) is 45.7 Å². The van der Waals surface area contributed by atoms with Crippen molar-refractivity contribution < 1.29 is 4.42 Å². The van der Waals surface area contributed by atoms with Gasteiger partial charge in [-0.05, 0) is 38.9 Å². The van der Waals surface area contributed by atoms with Gasteiger partial charge in [0, 0.05) is 13.0 Å². The zero-order chi connectivity index (χ0) is 12.1. The Morgan fingerprint density at radius 1 is 1.35 bits per heavy atom. The lowest BCUT2D eigenvalue weighted by Crippen LogP contribution is -2.42. The Balaban J connectivity index is 1.68. The molecule has 1 N–H and O–H groups in total. The van der Waals surface area contributed by atoms with Gasteiger partial charge >= 0.3 is 0 Å². The second-order valence-corrected chi connectivity index (χ2v) is 4.71. The fourth-order valence-corrected chi connectivity index (χ4v) is 2.32. The molecule has 0 aromatic carbocycles. The van der Waals surface area contributed by atoms with Gasteiger partial charge in [-0.3, -0.25) is 0 Å². The Hall–Kier alpha value is -0.940. The van der Waals surface area contributed by atoms with Gasteiger partial charge in [-0.1, -0.05) is 6.92 Å². The highest BCUT2D eigenvalue weighted by molar-refractivity contribution is 4.82. The van der Waals surface area contributed by atoms with E-state index in [1.54, 1.807) is 0 Å². The fraction of sp³-hybridized carbons (Fsp3) is 0.833. The molecule has 5 heteroatoms. The number of aryl methyl sites for hydroxylation is 1. The van der Waals surface area contributed by atoms with Crippen molar-refractivity contribution in [1.29, 1.82) is 0 Å². The molecule has 0 aliphatic carbocycles. The molecule has 2 heterocycles. The van der Waals surface area contributed by atoms with Gasteiger partial charge in [0.05, 0.1) is 6.54 Å². The first kappa shape index (κ1) is 12.5. The quantitative estimate of drug-likeness (QED) is 0.839. The molecule has 1 aliphatic heterocycles. The standard InChI is InChI=1S/C12H22N4O/c1-3-6-16-7-4-11(5-8-16)13-9-12-15-14-10(2)17-12/h11,13H,3-9H2,1-2H3. The summed E-state index contributed by atoms with van der Waals surface area (Å²) in [4.78, 5) is 2.54. The third kappa shape index (κ3) is 3.78. The molecule has 0 bridgehead atoms. The Bertz CT molecular complexity index is 331. The number of rotatable bonds is 5. The van der Waals surface area contributed by atoms with Crippen LogP contribution in [0, 0.1) is 6.92 Å². The van der Waals surface area contributed by atoms with E-state index in [9.17, 15) is 0 Å². The van der Waals surface area contributed by atoms with Crippen LogP contribution in [0.3, 0.4) is 0 Å². The molecule has 1 aromatic rings. The first-order valence-electron chi connectivity index (χ1n) is 6.52. The average molecular weight is 238 g/mol. The summed E-state index contributed by atoms with van der Waals surface area (Å²) in [6.45, 7) is 8.39. The molecule has 1 aromatic heterocycles. The van der Waals surface area contributed by atoms with Gasteiger partial charge in [-0.25, -0.2) is 0 Å². The minimum Gasteiger partial charge on any atom is -0.424 e. The minimum atomic E-state index is 0.593. The van der Waals surface area contributed by atoms with E-state index in [2.05, 4.69) is 27.3 Å². The molecule has 1 fully saturated rings. The molecule has 2 rings (SSSR count). The molecule has 1 saturated heterocycles. The first-order valence-corrected chi connectivity index (χ1v) is 6.52. The van der Waals surface area contributed by atoms with Crippen LogP contribution < -0.4 is 5.32 Å². The normalized spacial score (nSPS) is 18.7. The molecule has 0 saturated carbocycles. The van der Waals surface area contributed by atoms with Crippen LogP contribution in [0.5, 0.6) is 0 Å². The van der Waals surface area contributed by atoms with Crippen LogP contribution >= 0.6 is 0 Å². The molecular weight excluding hydrogens is 216 g/mol. The predicted octanol–water partition coefficient (Wildman–Crippen LogP) is 1.34. The van der Waals surface area contributed by atoms with Crippen molar-refractivity contribution >= 4 is 0 Å². The van der Waals surface area contributed by atoms with E-state index in [-0.39, 0.29) is 0 Å². The van der Waals surface area contributed by atoms with Gasteiger partial charge < -0.3 is 14.6 Å². The average Bonchev–Trinajstić information content (AvgIpc) is 2.75. The van der Waals surface area contributed by atoms with Crippen LogP contribution in [0.4, 0.5) is 0 Å². The largest absolute Gasteiger partial charge is 0.424 e. The van der Waals surface area contributed by atoms with Gasteiger partial charge in [-0.15, -0.1) is 10.2 Å². The summed E-state index contributed by atoms with van der Waals surface area (Å²) in [5.74, 6) is 1.33. The zero-order valence-corrected chi connectivity index (χ0v) is 10.8. The Morgan fingerprint density at radius 3 is 2.71 bits per heavy atom. The molecule has 0 amide bonds. The number of piperidine rings is 1. The van der Waals surface area contributed by atoms with E-state index in [4.69, 9.17) is 4.42 Å². The molecule has 0 radical (unpaired) electrons. The van der Waals surface area contributed by atoms with E-state index in [1.807, 2.05) is 6.92 Å². The third-order valence-corrected chi connectivity index (χ3v) is 3.24. The van der Waals surface area contributed by atoms with Gasteiger partial charge in [0.1, 0.15) is 0 Å². The number of likely N-dealkylation sites (tertiary alicyclic amines) is 1. The number of nitrogens with one attached hydrogen (secondary N) is 1. The summed E-state index contributed by atoms with van der Waals surface area (Å²) in [6.07, 6.45) is 3.68. The number of nitrogens with zero attached hydrogens (tertiary/aromatic N) is 3. The van der Waals surface area contributed by atoms with Crippen LogP contribution in [-0.4, -0.2) is 40.8 Å². The van der Waals surface area contributed by atoms with E-state index in [0.717, 1.165) is 0 Å². The van der Waals surface area contributed by atoms with Gasteiger partial charge in [0.25, 0.3) is 0 Å². The van der Waals surface area contributed by atoms with Crippen molar-refractivity contribution in [3.63, 3.8) is 0 Å². The van der Waals surface area contributed by atoms with Crippen molar-refractivity contribution in [2.75, 3.05) is 19.6 Å². The molecule has 5 nitrogen and oxygen atoms in total. The van der Waals surface area contributed by atoms with Gasteiger partial charge in [-0.2, -0.15) is 0 Å². The van der Waals surface area contributed by atoms with Crippen molar-refractivity contribution in [2.24, 2.45) is 0 Å². The van der Waals surface area contributed by atoms with Crippen LogP contribution in [-0.2, 0) is 6.54 Å². The van der Waals surface area contributed by atoms with Gasteiger partial charge in [0.15, 0.2) is 0 Å². The summed E-state index contributed by atoms with van der Waals surface area (Å²) in [5.41, 5.74) is 0. The SMILES string of the molecule is CCCN1CCC(NCc2nnc(C)o2)CC1. The van der Waals surface area contributed by atoms with Crippen molar-refractivity contribution in [3.05, 3.63) is 11.8 Å². The second-order valence-electron chi connectivity index (χ2n) is 4.71. The first-order chi connectivity index (χ1) is 8.28. The van der Waals surface area contributed by atoms with Crippen LogP contribution in [0.25, 0.3) is 0 Å². The van der Waals surface area contributed by atoms with Crippen molar-refractivity contribution in [3.8, 4) is 0 Å². The highest BCUT2D eigenvalue weighted by atomic mass is 16.4. The molecule has 96 valence electrons. The molecule has 0 unspecified atom stereocenters. The van der Waals surface area contributed by atoms with E-state index in [0.29, 0.717) is 24.4 Å². The van der Waals surface area contributed by atoms with E-state index < -0.39 is 0 Å². The number of hydrogen-bond donors (Lipinski definition) is 1. The number of aromatic nitrogens is 2. The summed E-state index contributed by atoms with van der Waals surface area (Å²) in [7, 11) is 0. The summed E-state index contributed by atoms with van der Waals surface area (Å²) in [6, 6.07) is 0.593. The van der Waals surface area contributed by atoms with Gasteiger partial charge in [0.2, 0.25) is 11.8 Å². The maximum atomic E-state index is 5.34. The van der Waals surface area contributed by atoms with Crippen LogP contribution in [0.2, 0.25) is 0 Å². The summed E-state index contributed by atoms with van der Waals surface area (Å²) in [5, 5.41) is 11.3. The zero-order valence-electron chi connectivity index (χ0n) is 10.8. The van der Waals surface area contributed by atoms with Crippen LogP contribution in [0.1, 0.15) is 38.0 Å². The maximum absolute atomic E-state index is 5.34. The molecule has 0 spiro atoms. The monoisotopic (exact) mass is 238 g/mol.